The number of phenols is 1. The van der Waals surface area contributed by atoms with Crippen molar-refractivity contribution >= 4 is 41.1 Å². The van der Waals surface area contributed by atoms with Crippen LogP contribution in [0, 0.1) is 11.6 Å². The van der Waals surface area contributed by atoms with Crippen LogP contribution in [0.2, 0.25) is 0 Å². The third-order valence-electron chi connectivity index (χ3n) is 4.59. The highest BCUT2D eigenvalue weighted by Gasteiger charge is 2.29. The van der Waals surface area contributed by atoms with Gasteiger partial charge < -0.3 is 10.2 Å². The van der Waals surface area contributed by atoms with Crippen molar-refractivity contribution in [2.75, 3.05) is 12.0 Å². The smallest absolute Gasteiger partial charge is 0.303 e. The summed E-state index contributed by atoms with van der Waals surface area (Å²) in [7, 11) is 0. The number of phenolic OH excluding ortho intramolecular Hbond substituents is 1. The van der Waals surface area contributed by atoms with Crippen LogP contribution in [0.15, 0.2) is 46.6 Å². The predicted molar refractivity (Wildman–Crippen MR) is 116 cm³/mol. The van der Waals surface area contributed by atoms with Gasteiger partial charge in [-0.25, -0.2) is 13.8 Å². The number of hydrogen-bond donors (Lipinski definition) is 3. The van der Waals surface area contributed by atoms with Gasteiger partial charge in [-0.05, 0) is 25.5 Å². The van der Waals surface area contributed by atoms with Crippen molar-refractivity contribution < 1.29 is 28.6 Å². The number of halogens is 2. The quantitative estimate of drug-likeness (QED) is 0.328. The Bertz CT molecular complexity index is 1140. The molecule has 0 atom stereocenters. The lowest BCUT2D eigenvalue weighted by molar-refractivity contribution is -0.137. The number of amides is 1. The predicted octanol–water partition coefficient (Wildman–Crippen LogP) is 3.69. The number of nitrogens with one attached hydrogen (secondary N) is 1. The van der Waals surface area contributed by atoms with Gasteiger partial charge in [-0.3, -0.25) is 15.0 Å². The molecule has 3 N–H and O–H groups in total. The largest absolute Gasteiger partial charge is 0.505 e. The summed E-state index contributed by atoms with van der Waals surface area (Å²) in [6.07, 6.45) is 2.91. The maximum Gasteiger partial charge on any atom is 0.303 e. The number of nitrogens with zero attached hydrogens (tertiary/aromatic N) is 3. The van der Waals surface area contributed by atoms with Crippen molar-refractivity contribution in [3.8, 4) is 5.75 Å². The van der Waals surface area contributed by atoms with Crippen LogP contribution in [0.3, 0.4) is 0 Å². The van der Waals surface area contributed by atoms with Gasteiger partial charge in [0.25, 0.3) is 5.91 Å². The zero-order chi connectivity index (χ0) is 23.3. The zero-order valence-corrected chi connectivity index (χ0v) is 17.0. The summed E-state index contributed by atoms with van der Waals surface area (Å²) in [5.74, 6) is -3.62. The average Bonchev–Trinajstić information content (AvgIpc) is 3.01. The zero-order valence-electron chi connectivity index (χ0n) is 17.0. The minimum atomic E-state index is -0.994. The highest BCUT2D eigenvalue weighted by Crippen LogP contribution is 2.29. The number of hydrazone groups is 2. The molecule has 32 heavy (non-hydrogen) atoms. The number of hydrogen-bond acceptors (Lipinski definition) is 6. The second-order valence-electron chi connectivity index (χ2n) is 6.90. The number of carbonyl (C=O) groups is 2. The van der Waals surface area contributed by atoms with Gasteiger partial charge in [0.1, 0.15) is 5.75 Å². The number of carboxylic acid groups (broad SMARTS) is 1. The Labute approximate surface area is 182 Å². The van der Waals surface area contributed by atoms with E-state index in [9.17, 15) is 23.5 Å². The summed E-state index contributed by atoms with van der Waals surface area (Å²) in [5, 5.41) is 28.4. The Morgan fingerprint density at radius 1 is 1.19 bits per heavy atom. The van der Waals surface area contributed by atoms with E-state index in [0.29, 0.717) is 11.3 Å². The molecule has 1 amide bonds. The lowest BCUT2D eigenvalue weighted by Gasteiger charge is -2.10. The molecule has 0 spiro atoms. The Balaban J connectivity index is 1.73. The highest BCUT2D eigenvalue weighted by molar-refractivity contribution is 6.68. The molecule has 8 nitrogen and oxygen atoms in total. The van der Waals surface area contributed by atoms with Crippen LogP contribution in [-0.2, 0) is 9.59 Å². The first-order valence-corrected chi connectivity index (χ1v) is 9.65. The molecule has 2 aromatic carbocycles. The molecule has 1 aliphatic rings. The second kappa shape index (κ2) is 9.82. The minimum absolute atomic E-state index is 0.0226. The second-order valence-corrected chi connectivity index (χ2v) is 6.90. The van der Waals surface area contributed by atoms with E-state index >= 15 is 0 Å². The number of para-hydroxylation sites is 1. The normalized spacial score (nSPS) is 15.0. The molecule has 0 unspecified atom stereocenters. The van der Waals surface area contributed by atoms with Gasteiger partial charge in [-0.1, -0.05) is 36.4 Å². The fourth-order valence-corrected chi connectivity index (χ4v) is 2.94. The van der Waals surface area contributed by atoms with Gasteiger partial charge in [-0.15, -0.1) is 0 Å². The number of carbonyl (C=O) groups excluding carboxylic acids is 1. The van der Waals surface area contributed by atoms with E-state index in [-0.39, 0.29) is 42.1 Å². The van der Waals surface area contributed by atoms with E-state index in [1.54, 1.807) is 19.1 Å². The van der Waals surface area contributed by atoms with Crippen LogP contribution >= 0.6 is 0 Å². The van der Waals surface area contributed by atoms with Crippen molar-refractivity contribution in [2.24, 2.45) is 10.2 Å². The fraction of sp³-hybridized carbons (Fsp3) is 0.182. The van der Waals surface area contributed by atoms with Crippen LogP contribution in [0.4, 0.5) is 14.5 Å². The van der Waals surface area contributed by atoms with Crippen LogP contribution < -0.4 is 5.43 Å². The first-order chi connectivity index (χ1) is 15.3. The molecule has 0 aliphatic carbocycles. The monoisotopic (exact) mass is 442 g/mol. The van der Waals surface area contributed by atoms with Crippen LogP contribution in [0.5, 0.6) is 5.75 Å². The molecule has 10 heteroatoms. The Hall–Kier alpha value is -4.08. The lowest BCUT2D eigenvalue weighted by Crippen LogP contribution is -2.29. The van der Waals surface area contributed by atoms with Gasteiger partial charge >= 0.3 is 5.97 Å². The van der Waals surface area contributed by atoms with Crippen molar-refractivity contribution in [3.05, 3.63) is 59.2 Å². The first kappa shape index (κ1) is 22.6. The number of benzene rings is 2. The SMILES string of the molecule is CC1=NN(CCCC(=O)O)C(=O)/C1=N\Nc1cccc(/C=C/c2cccc(F)c2F)c1O. The third-order valence-corrected chi connectivity index (χ3v) is 4.59. The number of aliphatic carboxylic acids is 1. The van der Waals surface area contributed by atoms with E-state index in [1.165, 1.54) is 30.4 Å². The van der Waals surface area contributed by atoms with Gasteiger partial charge in [0, 0.05) is 24.1 Å². The summed E-state index contributed by atoms with van der Waals surface area (Å²) in [6.45, 7) is 1.73. The fourth-order valence-electron chi connectivity index (χ4n) is 2.94. The van der Waals surface area contributed by atoms with Crippen molar-refractivity contribution in [1.29, 1.82) is 0 Å². The van der Waals surface area contributed by atoms with Crippen molar-refractivity contribution in [3.63, 3.8) is 0 Å². The van der Waals surface area contributed by atoms with Gasteiger partial charge in [0.15, 0.2) is 17.3 Å². The molecule has 0 fully saturated rings. The van der Waals surface area contributed by atoms with Crippen molar-refractivity contribution in [2.45, 2.75) is 19.8 Å². The first-order valence-electron chi connectivity index (χ1n) is 9.65. The van der Waals surface area contributed by atoms with E-state index in [1.807, 2.05) is 0 Å². The molecule has 0 radical (unpaired) electrons. The van der Waals surface area contributed by atoms with Gasteiger partial charge in [-0.2, -0.15) is 10.2 Å². The summed E-state index contributed by atoms with van der Waals surface area (Å²) >= 11 is 0. The molecule has 1 heterocycles. The van der Waals surface area contributed by atoms with Crippen molar-refractivity contribution in [1.82, 2.24) is 5.01 Å². The molecular weight excluding hydrogens is 422 g/mol. The molecule has 166 valence electrons. The maximum absolute atomic E-state index is 13.8. The van der Waals surface area contributed by atoms with Crippen LogP contribution in [-0.4, -0.2) is 45.1 Å². The molecule has 0 bridgehead atoms. The number of aromatic hydroxyl groups is 1. The molecule has 1 aliphatic heterocycles. The Morgan fingerprint density at radius 3 is 2.62 bits per heavy atom. The number of carboxylic acids is 1. The average molecular weight is 442 g/mol. The van der Waals surface area contributed by atoms with Crippen LogP contribution in [0.1, 0.15) is 30.9 Å². The number of anilines is 1. The minimum Gasteiger partial charge on any atom is -0.505 e. The molecule has 0 saturated carbocycles. The van der Waals surface area contributed by atoms with E-state index in [2.05, 4.69) is 15.6 Å². The summed E-state index contributed by atoms with van der Waals surface area (Å²) in [4.78, 5) is 23.1. The van der Waals surface area contributed by atoms with E-state index in [0.717, 1.165) is 11.1 Å². The topological polar surface area (TPSA) is 115 Å². The molecular formula is C22H20F2N4O4. The van der Waals surface area contributed by atoms with Gasteiger partial charge in [0.2, 0.25) is 0 Å². The standard InChI is InChI=1S/C22H20F2N4O4/c1-13-20(22(32)28(27-13)12-4-9-18(29)30)26-25-17-8-3-6-15(21(17)31)11-10-14-5-2-7-16(23)19(14)24/h2-3,5-8,10-11,25,31H,4,9,12H2,1H3,(H,29,30)/b11-10+,26-20-. The molecule has 2 aromatic rings. The van der Waals surface area contributed by atoms with E-state index in [4.69, 9.17) is 5.11 Å². The third kappa shape index (κ3) is 5.15. The highest BCUT2D eigenvalue weighted by atomic mass is 19.2. The summed E-state index contributed by atoms with van der Waals surface area (Å²) in [5.41, 5.74) is 3.51. The van der Waals surface area contributed by atoms with Gasteiger partial charge in [0.05, 0.1) is 11.4 Å². The molecule has 0 saturated heterocycles. The molecule has 0 aromatic heterocycles. The number of rotatable bonds is 8. The van der Waals surface area contributed by atoms with E-state index < -0.39 is 23.5 Å². The Kier molecular flexibility index (Phi) is 6.93. The van der Waals surface area contributed by atoms with Crippen LogP contribution in [0.25, 0.3) is 12.2 Å². The molecule has 3 rings (SSSR count). The maximum atomic E-state index is 13.8. The summed E-state index contributed by atoms with van der Waals surface area (Å²) < 4.78 is 27.1. The summed E-state index contributed by atoms with van der Waals surface area (Å²) in [6, 6.07) is 8.49. The Morgan fingerprint density at radius 2 is 1.88 bits per heavy atom. The lowest BCUT2D eigenvalue weighted by atomic mass is 10.1.